The van der Waals surface area contributed by atoms with Gasteiger partial charge in [-0.25, -0.2) is 0 Å². The molecule has 0 radical (unpaired) electrons. The molecule has 0 bridgehead atoms. The van der Waals surface area contributed by atoms with E-state index in [4.69, 9.17) is 0 Å². The van der Waals surface area contributed by atoms with Crippen LogP contribution >= 0.6 is 0 Å². The lowest BCUT2D eigenvalue weighted by atomic mass is 10.0. The highest BCUT2D eigenvalue weighted by molar-refractivity contribution is 5.87. The van der Waals surface area contributed by atoms with Crippen LogP contribution in [0.5, 0.6) is 0 Å². The van der Waals surface area contributed by atoms with Gasteiger partial charge in [-0.1, -0.05) is 26.2 Å². The molecule has 70 valence electrons. The van der Waals surface area contributed by atoms with Crippen LogP contribution in [0, 0.1) is 5.92 Å². The Balaban J connectivity index is 3.67. The maximum Gasteiger partial charge on any atom is 0.315 e. The fraction of sp³-hybridized carbons (Fsp3) is 0.778. The second kappa shape index (κ2) is 6.83. The van der Waals surface area contributed by atoms with Crippen molar-refractivity contribution in [2.24, 2.45) is 5.92 Å². The van der Waals surface area contributed by atoms with Crippen molar-refractivity contribution in [1.82, 2.24) is 0 Å². The van der Waals surface area contributed by atoms with Crippen LogP contribution < -0.4 is 0 Å². The van der Waals surface area contributed by atoms with Crippen LogP contribution in [-0.4, -0.2) is 19.4 Å². The minimum Gasteiger partial charge on any atom is -0.468 e. The molecule has 0 aliphatic heterocycles. The molecule has 0 aromatic heterocycles. The van der Waals surface area contributed by atoms with E-state index in [1.54, 1.807) is 0 Å². The molecule has 0 saturated heterocycles. The van der Waals surface area contributed by atoms with Gasteiger partial charge in [-0.05, 0) is 6.42 Å². The standard InChI is InChI=1S/C9H16O3/c1-3-4-5-6-8(7-10)9(11)12-2/h7-8H,3-6H2,1-2H3. The van der Waals surface area contributed by atoms with Gasteiger partial charge in [-0.2, -0.15) is 0 Å². The molecule has 0 rings (SSSR count). The normalized spacial score (nSPS) is 12.2. The van der Waals surface area contributed by atoms with Gasteiger partial charge in [0, 0.05) is 0 Å². The molecule has 1 unspecified atom stereocenters. The molecule has 1 atom stereocenters. The van der Waals surface area contributed by atoms with Gasteiger partial charge in [0.15, 0.2) is 0 Å². The number of hydrogen-bond acceptors (Lipinski definition) is 3. The predicted octanol–water partition coefficient (Wildman–Crippen LogP) is 1.55. The summed E-state index contributed by atoms with van der Waals surface area (Å²) in [5.41, 5.74) is 0. The summed E-state index contributed by atoms with van der Waals surface area (Å²) in [6.45, 7) is 2.08. The summed E-state index contributed by atoms with van der Waals surface area (Å²) in [5, 5.41) is 0. The summed E-state index contributed by atoms with van der Waals surface area (Å²) in [7, 11) is 1.30. The molecular formula is C9H16O3. The number of carbonyl (C=O) groups is 2. The zero-order valence-electron chi connectivity index (χ0n) is 7.71. The number of esters is 1. The van der Waals surface area contributed by atoms with E-state index < -0.39 is 11.9 Å². The lowest BCUT2D eigenvalue weighted by molar-refractivity contribution is -0.147. The van der Waals surface area contributed by atoms with Crippen molar-refractivity contribution in [3.05, 3.63) is 0 Å². The molecule has 0 amide bonds. The van der Waals surface area contributed by atoms with Gasteiger partial charge < -0.3 is 9.53 Å². The highest BCUT2D eigenvalue weighted by Crippen LogP contribution is 2.08. The zero-order chi connectivity index (χ0) is 9.40. The van der Waals surface area contributed by atoms with E-state index in [9.17, 15) is 9.59 Å². The molecule has 0 fully saturated rings. The Kier molecular flexibility index (Phi) is 6.34. The minimum atomic E-state index is -0.554. The summed E-state index contributed by atoms with van der Waals surface area (Å²) in [6.07, 6.45) is 4.34. The number of hydrogen-bond donors (Lipinski definition) is 0. The van der Waals surface area contributed by atoms with Crippen molar-refractivity contribution in [2.75, 3.05) is 7.11 Å². The fourth-order valence-electron chi connectivity index (χ4n) is 1.01. The fourth-order valence-corrected chi connectivity index (χ4v) is 1.01. The summed E-state index contributed by atoms with van der Waals surface area (Å²) < 4.78 is 4.46. The summed E-state index contributed by atoms with van der Waals surface area (Å²) in [6, 6.07) is 0. The van der Waals surface area contributed by atoms with Gasteiger partial charge in [-0.3, -0.25) is 4.79 Å². The highest BCUT2D eigenvalue weighted by Gasteiger charge is 2.16. The predicted molar refractivity (Wildman–Crippen MR) is 45.7 cm³/mol. The van der Waals surface area contributed by atoms with Gasteiger partial charge in [0.05, 0.1) is 7.11 Å². The smallest absolute Gasteiger partial charge is 0.315 e. The number of methoxy groups -OCH3 is 1. The molecule has 12 heavy (non-hydrogen) atoms. The molecule has 0 heterocycles. The van der Waals surface area contributed by atoms with Gasteiger partial charge in [-0.15, -0.1) is 0 Å². The minimum absolute atomic E-state index is 0.416. The first-order chi connectivity index (χ1) is 5.76. The van der Waals surface area contributed by atoms with Gasteiger partial charge in [0.2, 0.25) is 0 Å². The van der Waals surface area contributed by atoms with Crippen molar-refractivity contribution in [3.63, 3.8) is 0 Å². The Morgan fingerprint density at radius 2 is 2.17 bits per heavy atom. The third-order valence-electron chi connectivity index (χ3n) is 1.79. The third-order valence-corrected chi connectivity index (χ3v) is 1.79. The molecule has 0 aliphatic carbocycles. The quantitative estimate of drug-likeness (QED) is 0.264. The molecule has 0 aliphatic rings. The molecule has 0 N–H and O–H groups in total. The highest BCUT2D eigenvalue weighted by atomic mass is 16.5. The lowest BCUT2D eigenvalue weighted by Gasteiger charge is -2.06. The summed E-state index contributed by atoms with van der Waals surface area (Å²) in [4.78, 5) is 21.3. The van der Waals surface area contributed by atoms with Gasteiger partial charge in [0.25, 0.3) is 0 Å². The Bertz CT molecular complexity index is 143. The molecule has 0 aromatic carbocycles. The van der Waals surface area contributed by atoms with Crippen molar-refractivity contribution in [1.29, 1.82) is 0 Å². The monoisotopic (exact) mass is 172 g/mol. The lowest BCUT2D eigenvalue weighted by Crippen LogP contribution is -2.17. The van der Waals surface area contributed by atoms with Gasteiger partial charge >= 0.3 is 5.97 Å². The molecule has 3 heteroatoms. The molecule has 0 saturated carbocycles. The van der Waals surface area contributed by atoms with E-state index in [0.29, 0.717) is 12.7 Å². The van der Waals surface area contributed by atoms with Crippen molar-refractivity contribution in [3.8, 4) is 0 Å². The first-order valence-corrected chi connectivity index (χ1v) is 4.29. The number of unbranched alkanes of at least 4 members (excludes halogenated alkanes) is 2. The van der Waals surface area contributed by atoms with E-state index >= 15 is 0 Å². The first kappa shape index (κ1) is 11.1. The number of aldehydes is 1. The van der Waals surface area contributed by atoms with E-state index in [0.717, 1.165) is 19.3 Å². The number of rotatable bonds is 6. The van der Waals surface area contributed by atoms with E-state index in [2.05, 4.69) is 11.7 Å². The Hall–Kier alpha value is -0.860. The zero-order valence-corrected chi connectivity index (χ0v) is 7.71. The van der Waals surface area contributed by atoms with Gasteiger partial charge in [0.1, 0.15) is 12.2 Å². The maximum absolute atomic E-state index is 10.9. The summed E-state index contributed by atoms with van der Waals surface area (Å²) in [5.74, 6) is -0.970. The second-order valence-corrected chi connectivity index (χ2v) is 2.76. The molecule has 3 nitrogen and oxygen atoms in total. The van der Waals surface area contributed by atoms with Crippen LogP contribution in [0.3, 0.4) is 0 Å². The Morgan fingerprint density at radius 1 is 1.50 bits per heavy atom. The number of carbonyl (C=O) groups excluding carboxylic acids is 2. The van der Waals surface area contributed by atoms with Crippen LogP contribution in [0.15, 0.2) is 0 Å². The van der Waals surface area contributed by atoms with Crippen LogP contribution in [0.2, 0.25) is 0 Å². The largest absolute Gasteiger partial charge is 0.468 e. The SMILES string of the molecule is CCCCCC(C=O)C(=O)OC. The second-order valence-electron chi connectivity index (χ2n) is 2.76. The molecule has 0 spiro atoms. The van der Waals surface area contributed by atoms with Crippen molar-refractivity contribution in [2.45, 2.75) is 32.6 Å². The Morgan fingerprint density at radius 3 is 2.58 bits per heavy atom. The Labute approximate surface area is 73.1 Å². The van der Waals surface area contributed by atoms with E-state index in [-0.39, 0.29) is 0 Å². The van der Waals surface area contributed by atoms with Crippen molar-refractivity contribution >= 4 is 12.3 Å². The number of ether oxygens (including phenoxy) is 1. The summed E-state index contributed by atoms with van der Waals surface area (Å²) >= 11 is 0. The molecule has 0 aromatic rings. The van der Waals surface area contributed by atoms with E-state index in [1.165, 1.54) is 7.11 Å². The van der Waals surface area contributed by atoms with Crippen LogP contribution in [0.4, 0.5) is 0 Å². The average molecular weight is 172 g/mol. The third kappa shape index (κ3) is 4.11. The van der Waals surface area contributed by atoms with Crippen LogP contribution in [-0.2, 0) is 14.3 Å². The molecular weight excluding hydrogens is 156 g/mol. The average Bonchev–Trinajstić information content (AvgIpc) is 2.11. The van der Waals surface area contributed by atoms with Crippen LogP contribution in [0.1, 0.15) is 32.6 Å². The topological polar surface area (TPSA) is 43.4 Å². The van der Waals surface area contributed by atoms with Crippen molar-refractivity contribution < 1.29 is 14.3 Å². The van der Waals surface area contributed by atoms with Crippen LogP contribution in [0.25, 0.3) is 0 Å². The van der Waals surface area contributed by atoms with E-state index in [1.807, 2.05) is 0 Å². The first-order valence-electron chi connectivity index (χ1n) is 4.29. The maximum atomic E-state index is 10.9.